The normalized spacial score (nSPS) is 10.5. The van der Waals surface area contributed by atoms with Crippen molar-refractivity contribution in [1.82, 2.24) is 24.6 Å². The Hall–Kier alpha value is -3.27. The zero-order valence-electron chi connectivity index (χ0n) is 15.0. The van der Waals surface area contributed by atoms with Gasteiger partial charge in [0.25, 0.3) is 5.91 Å². The summed E-state index contributed by atoms with van der Waals surface area (Å²) in [5, 5.41) is 9.04. The number of amides is 2. The number of rotatable bonds is 6. The molecule has 10 heteroatoms. The number of thiazole rings is 1. The molecule has 9 nitrogen and oxygen atoms in total. The van der Waals surface area contributed by atoms with Gasteiger partial charge in [-0.25, -0.2) is 4.98 Å². The Morgan fingerprint density at radius 3 is 2.93 bits per heavy atom. The molecule has 0 bridgehead atoms. The van der Waals surface area contributed by atoms with E-state index in [2.05, 4.69) is 20.4 Å². The van der Waals surface area contributed by atoms with Crippen molar-refractivity contribution in [3.05, 3.63) is 41.7 Å². The minimum Gasteiger partial charge on any atom is -0.479 e. The Balaban J connectivity index is 1.62. The van der Waals surface area contributed by atoms with Crippen molar-refractivity contribution in [3.63, 3.8) is 0 Å². The minimum atomic E-state index is -0.356. The van der Waals surface area contributed by atoms with Gasteiger partial charge in [0.1, 0.15) is 5.56 Å². The van der Waals surface area contributed by atoms with Crippen LogP contribution in [-0.4, -0.2) is 57.2 Å². The monoisotopic (exact) mass is 386 g/mol. The van der Waals surface area contributed by atoms with Crippen LogP contribution in [0.15, 0.2) is 36.1 Å². The van der Waals surface area contributed by atoms with Gasteiger partial charge in [-0.3, -0.25) is 19.3 Å². The van der Waals surface area contributed by atoms with Crippen LogP contribution in [0.25, 0.3) is 11.3 Å². The lowest BCUT2D eigenvalue weighted by molar-refractivity contribution is -0.116. The van der Waals surface area contributed by atoms with E-state index in [1.165, 1.54) is 35.1 Å². The Morgan fingerprint density at radius 2 is 2.22 bits per heavy atom. The van der Waals surface area contributed by atoms with Crippen LogP contribution >= 0.6 is 11.3 Å². The van der Waals surface area contributed by atoms with Crippen molar-refractivity contribution in [2.45, 2.75) is 0 Å². The van der Waals surface area contributed by atoms with Crippen LogP contribution in [0.1, 0.15) is 10.4 Å². The number of likely N-dealkylation sites (N-methyl/N-ethyl adjacent to an activating group) is 1. The Morgan fingerprint density at radius 1 is 1.41 bits per heavy atom. The number of ether oxygens (including phenoxy) is 1. The number of carbonyl (C=O) groups excluding carboxylic acids is 2. The van der Waals surface area contributed by atoms with Crippen LogP contribution in [-0.2, 0) is 11.8 Å². The van der Waals surface area contributed by atoms with Gasteiger partial charge in [-0.1, -0.05) is 0 Å². The molecule has 0 aliphatic carbocycles. The standard InChI is InChI=1S/C17H18N6O3S/c1-22(16(25)12-8-23(2)21-15(12)26-3)9-14(24)20-17-19-13(10-27-17)11-5-4-6-18-7-11/h4-8,10H,9H2,1-3H3,(H,19,20,24). The topological polar surface area (TPSA) is 102 Å². The number of methoxy groups -OCH3 is 1. The first-order valence-corrected chi connectivity index (χ1v) is 8.84. The van der Waals surface area contributed by atoms with Crippen molar-refractivity contribution in [2.75, 3.05) is 26.0 Å². The second kappa shape index (κ2) is 7.96. The summed E-state index contributed by atoms with van der Waals surface area (Å²) in [4.78, 5) is 34.5. The molecule has 0 aromatic carbocycles. The van der Waals surface area contributed by atoms with E-state index in [1.54, 1.807) is 25.6 Å². The molecular formula is C17H18N6O3S. The van der Waals surface area contributed by atoms with Crippen molar-refractivity contribution < 1.29 is 14.3 Å². The molecule has 140 valence electrons. The van der Waals surface area contributed by atoms with Crippen LogP contribution in [0.2, 0.25) is 0 Å². The minimum absolute atomic E-state index is 0.126. The molecule has 0 atom stereocenters. The summed E-state index contributed by atoms with van der Waals surface area (Å²) in [5.74, 6) is -0.484. The fourth-order valence-corrected chi connectivity index (χ4v) is 3.13. The molecule has 0 radical (unpaired) electrons. The molecule has 3 aromatic rings. The fourth-order valence-electron chi connectivity index (χ4n) is 2.40. The lowest BCUT2D eigenvalue weighted by Crippen LogP contribution is -2.35. The highest BCUT2D eigenvalue weighted by molar-refractivity contribution is 7.14. The number of anilines is 1. The zero-order valence-corrected chi connectivity index (χ0v) is 15.9. The van der Waals surface area contributed by atoms with E-state index in [9.17, 15) is 9.59 Å². The van der Waals surface area contributed by atoms with Crippen molar-refractivity contribution in [2.24, 2.45) is 7.05 Å². The van der Waals surface area contributed by atoms with Gasteiger partial charge >= 0.3 is 0 Å². The van der Waals surface area contributed by atoms with Crippen LogP contribution < -0.4 is 10.1 Å². The number of pyridine rings is 1. The second-order valence-corrected chi connectivity index (χ2v) is 6.57. The molecule has 27 heavy (non-hydrogen) atoms. The van der Waals surface area contributed by atoms with E-state index in [1.807, 2.05) is 17.5 Å². The van der Waals surface area contributed by atoms with Gasteiger partial charge < -0.3 is 15.0 Å². The Bertz CT molecular complexity index is 953. The molecule has 3 aromatic heterocycles. The van der Waals surface area contributed by atoms with Gasteiger partial charge in [0.15, 0.2) is 5.13 Å². The van der Waals surface area contributed by atoms with Crippen LogP contribution in [0, 0.1) is 0 Å². The molecule has 0 saturated carbocycles. The first kappa shape index (κ1) is 18.5. The average molecular weight is 386 g/mol. The maximum absolute atomic E-state index is 12.5. The van der Waals surface area contributed by atoms with Crippen LogP contribution in [0.3, 0.4) is 0 Å². The molecule has 0 aliphatic heterocycles. The number of nitrogens with zero attached hydrogens (tertiary/aromatic N) is 5. The van der Waals surface area contributed by atoms with Gasteiger partial charge in [-0.15, -0.1) is 16.4 Å². The number of aromatic nitrogens is 4. The molecule has 3 rings (SSSR count). The maximum atomic E-state index is 12.5. The molecule has 0 spiro atoms. The van der Waals surface area contributed by atoms with Gasteiger partial charge in [0.2, 0.25) is 11.8 Å². The third kappa shape index (κ3) is 4.29. The van der Waals surface area contributed by atoms with Crippen molar-refractivity contribution in [3.8, 4) is 17.1 Å². The number of nitrogens with one attached hydrogen (secondary N) is 1. The fraction of sp³-hybridized carbons (Fsp3) is 0.235. The van der Waals surface area contributed by atoms with E-state index in [4.69, 9.17) is 4.74 Å². The lowest BCUT2D eigenvalue weighted by atomic mass is 10.2. The second-order valence-electron chi connectivity index (χ2n) is 5.71. The number of carbonyl (C=O) groups is 2. The molecular weight excluding hydrogens is 368 g/mol. The van der Waals surface area contributed by atoms with Gasteiger partial charge in [0.05, 0.1) is 19.3 Å². The Kier molecular flexibility index (Phi) is 5.46. The van der Waals surface area contributed by atoms with Gasteiger partial charge in [0, 0.05) is 43.6 Å². The molecule has 0 fully saturated rings. The summed E-state index contributed by atoms with van der Waals surface area (Å²) in [6.07, 6.45) is 4.94. The summed E-state index contributed by atoms with van der Waals surface area (Å²) in [5.41, 5.74) is 1.89. The molecule has 0 saturated heterocycles. The van der Waals surface area contributed by atoms with Crippen molar-refractivity contribution >= 4 is 28.3 Å². The molecule has 2 amide bonds. The van der Waals surface area contributed by atoms with E-state index in [0.29, 0.717) is 10.7 Å². The van der Waals surface area contributed by atoms with E-state index < -0.39 is 0 Å². The highest BCUT2D eigenvalue weighted by Crippen LogP contribution is 2.24. The molecule has 0 unspecified atom stereocenters. The summed E-state index contributed by atoms with van der Waals surface area (Å²) in [6.45, 7) is -0.126. The van der Waals surface area contributed by atoms with E-state index in [0.717, 1.165) is 11.3 Å². The predicted molar refractivity (Wildman–Crippen MR) is 101 cm³/mol. The van der Waals surface area contributed by atoms with E-state index >= 15 is 0 Å². The first-order valence-electron chi connectivity index (χ1n) is 7.97. The van der Waals surface area contributed by atoms with Crippen molar-refractivity contribution in [1.29, 1.82) is 0 Å². The lowest BCUT2D eigenvalue weighted by Gasteiger charge is -2.15. The Labute approximate surface area is 159 Å². The number of aryl methyl sites for hydroxylation is 1. The summed E-state index contributed by atoms with van der Waals surface area (Å²) < 4.78 is 6.57. The summed E-state index contributed by atoms with van der Waals surface area (Å²) in [7, 11) is 4.67. The van der Waals surface area contributed by atoms with E-state index in [-0.39, 0.29) is 24.2 Å². The first-order chi connectivity index (χ1) is 13.0. The molecule has 0 aliphatic rings. The third-order valence-corrected chi connectivity index (χ3v) is 4.41. The smallest absolute Gasteiger partial charge is 0.261 e. The van der Waals surface area contributed by atoms with Gasteiger partial charge in [-0.2, -0.15) is 0 Å². The highest BCUT2D eigenvalue weighted by atomic mass is 32.1. The van der Waals surface area contributed by atoms with Gasteiger partial charge in [-0.05, 0) is 12.1 Å². The van der Waals surface area contributed by atoms with Crippen LogP contribution in [0.5, 0.6) is 5.88 Å². The highest BCUT2D eigenvalue weighted by Gasteiger charge is 2.22. The largest absolute Gasteiger partial charge is 0.479 e. The quantitative estimate of drug-likeness (QED) is 0.691. The summed E-state index contributed by atoms with van der Waals surface area (Å²) in [6, 6.07) is 3.71. The molecule has 3 heterocycles. The zero-order chi connectivity index (χ0) is 19.4. The predicted octanol–water partition coefficient (Wildman–Crippen LogP) is 1.66. The number of hydrogen-bond acceptors (Lipinski definition) is 7. The molecule has 1 N–H and O–H groups in total. The van der Waals surface area contributed by atoms with Crippen LogP contribution in [0.4, 0.5) is 5.13 Å². The SMILES string of the molecule is COc1nn(C)cc1C(=O)N(C)CC(=O)Nc1nc(-c2cccnc2)cs1. The maximum Gasteiger partial charge on any atom is 0.261 e. The third-order valence-electron chi connectivity index (χ3n) is 3.65. The average Bonchev–Trinajstić information content (AvgIpc) is 3.28. The number of hydrogen-bond donors (Lipinski definition) is 1. The summed E-state index contributed by atoms with van der Waals surface area (Å²) >= 11 is 1.31.